The monoisotopic (exact) mass is 280 g/mol. The first-order valence-corrected chi connectivity index (χ1v) is 7.02. The molecule has 1 aliphatic rings. The summed E-state index contributed by atoms with van der Waals surface area (Å²) in [6.07, 6.45) is 0.742. The third-order valence-electron chi connectivity index (χ3n) is 3.27. The van der Waals surface area contributed by atoms with Gasteiger partial charge in [-0.15, -0.1) is 0 Å². The van der Waals surface area contributed by atoms with Gasteiger partial charge in [-0.25, -0.2) is 4.39 Å². The highest BCUT2D eigenvalue weighted by molar-refractivity contribution is 5.99. The molecular formula is C15H21FN2O2. The number of benzene rings is 1. The van der Waals surface area contributed by atoms with Gasteiger partial charge in [0.1, 0.15) is 0 Å². The molecule has 0 bridgehead atoms. The lowest BCUT2D eigenvalue weighted by Crippen LogP contribution is -2.41. The van der Waals surface area contributed by atoms with Crippen molar-refractivity contribution in [1.29, 1.82) is 0 Å². The van der Waals surface area contributed by atoms with E-state index < -0.39 is 5.82 Å². The highest BCUT2D eigenvalue weighted by atomic mass is 19.1. The maximum atomic E-state index is 13.8. The molecule has 1 amide bonds. The van der Waals surface area contributed by atoms with E-state index in [2.05, 4.69) is 5.32 Å². The SMILES string of the molecule is CCOc1ccc(N2CCC(NC(C)C)C2=O)cc1F. The lowest BCUT2D eigenvalue weighted by atomic mass is 10.2. The standard InChI is InChI=1S/C15H21FN2O2/c1-4-20-14-6-5-11(9-12(14)16)18-8-7-13(15(18)19)17-10(2)3/h5-6,9-10,13,17H,4,7-8H2,1-3H3. The third kappa shape index (κ3) is 3.10. The second-order valence-electron chi connectivity index (χ2n) is 5.20. The van der Waals surface area contributed by atoms with Crippen LogP contribution in [0.3, 0.4) is 0 Å². The van der Waals surface area contributed by atoms with Gasteiger partial charge in [-0.3, -0.25) is 4.79 Å². The van der Waals surface area contributed by atoms with Crippen LogP contribution in [-0.2, 0) is 4.79 Å². The Kier molecular flexibility index (Phi) is 4.60. The van der Waals surface area contributed by atoms with Crippen molar-refractivity contribution in [3.05, 3.63) is 24.0 Å². The molecule has 0 spiro atoms. The molecule has 0 aromatic heterocycles. The topological polar surface area (TPSA) is 41.6 Å². The number of hydrogen-bond acceptors (Lipinski definition) is 3. The highest BCUT2D eigenvalue weighted by Crippen LogP contribution is 2.27. The molecule has 1 atom stereocenters. The van der Waals surface area contributed by atoms with Crippen molar-refractivity contribution in [2.24, 2.45) is 0 Å². The Labute approximate surface area is 118 Å². The van der Waals surface area contributed by atoms with Crippen molar-refractivity contribution < 1.29 is 13.9 Å². The number of anilines is 1. The quantitative estimate of drug-likeness (QED) is 0.900. The molecule has 0 saturated carbocycles. The van der Waals surface area contributed by atoms with Crippen molar-refractivity contribution >= 4 is 11.6 Å². The summed E-state index contributed by atoms with van der Waals surface area (Å²) in [7, 11) is 0. The Morgan fingerprint density at radius 2 is 2.25 bits per heavy atom. The molecule has 1 heterocycles. The zero-order chi connectivity index (χ0) is 14.7. The molecule has 1 saturated heterocycles. The van der Waals surface area contributed by atoms with E-state index in [0.29, 0.717) is 18.8 Å². The fourth-order valence-electron chi connectivity index (χ4n) is 2.42. The molecule has 1 N–H and O–H groups in total. The summed E-state index contributed by atoms with van der Waals surface area (Å²) >= 11 is 0. The normalized spacial score (nSPS) is 18.9. The fraction of sp³-hybridized carbons (Fsp3) is 0.533. The van der Waals surface area contributed by atoms with E-state index in [1.165, 1.54) is 6.07 Å². The zero-order valence-electron chi connectivity index (χ0n) is 12.1. The van der Waals surface area contributed by atoms with Crippen LogP contribution < -0.4 is 15.0 Å². The number of nitrogens with zero attached hydrogens (tertiary/aromatic N) is 1. The van der Waals surface area contributed by atoms with Crippen molar-refractivity contribution in [2.45, 2.75) is 39.3 Å². The van der Waals surface area contributed by atoms with E-state index >= 15 is 0 Å². The highest BCUT2D eigenvalue weighted by Gasteiger charge is 2.32. The third-order valence-corrected chi connectivity index (χ3v) is 3.27. The minimum Gasteiger partial charge on any atom is -0.491 e. The number of rotatable bonds is 5. The number of halogens is 1. The lowest BCUT2D eigenvalue weighted by molar-refractivity contribution is -0.118. The molecule has 1 fully saturated rings. The number of carbonyl (C=O) groups excluding carboxylic acids is 1. The number of carbonyl (C=O) groups is 1. The Morgan fingerprint density at radius 1 is 1.50 bits per heavy atom. The molecule has 5 heteroatoms. The molecule has 20 heavy (non-hydrogen) atoms. The summed E-state index contributed by atoms with van der Waals surface area (Å²) in [5, 5.41) is 3.23. The van der Waals surface area contributed by atoms with Crippen LogP contribution in [0.25, 0.3) is 0 Å². The summed E-state index contributed by atoms with van der Waals surface area (Å²) in [6.45, 7) is 6.84. The van der Waals surface area contributed by atoms with Gasteiger partial charge in [0.15, 0.2) is 11.6 Å². The molecule has 1 unspecified atom stereocenters. The summed E-state index contributed by atoms with van der Waals surface area (Å²) < 4.78 is 19.0. The van der Waals surface area contributed by atoms with Gasteiger partial charge < -0.3 is 15.0 Å². The van der Waals surface area contributed by atoms with Crippen LogP contribution in [0.2, 0.25) is 0 Å². The van der Waals surface area contributed by atoms with Gasteiger partial charge in [0.2, 0.25) is 5.91 Å². The first-order valence-electron chi connectivity index (χ1n) is 7.02. The maximum Gasteiger partial charge on any atom is 0.244 e. The van der Waals surface area contributed by atoms with Gasteiger partial charge in [0.25, 0.3) is 0 Å². The summed E-state index contributed by atoms with van der Waals surface area (Å²) in [6, 6.07) is 4.74. The molecule has 2 rings (SSSR count). The van der Waals surface area contributed by atoms with E-state index in [1.807, 2.05) is 13.8 Å². The van der Waals surface area contributed by atoms with Gasteiger partial charge in [0, 0.05) is 24.3 Å². The summed E-state index contributed by atoms with van der Waals surface area (Å²) in [4.78, 5) is 13.9. The smallest absolute Gasteiger partial charge is 0.244 e. The van der Waals surface area contributed by atoms with Crippen molar-refractivity contribution in [1.82, 2.24) is 5.32 Å². The van der Waals surface area contributed by atoms with Gasteiger partial charge in [-0.1, -0.05) is 13.8 Å². The molecule has 0 radical (unpaired) electrons. The first kappa shape index (κ1) is 14.8. The van der Waals surface area contributed by atoms with Crippen molar-refractivity contribution in [3.8, 4) is 5.75 Å². The summed E-state index contributed by atoms with van der Waals surface area (Å²) in [5.74, 6) is -0.209. The van der Waals surface area contributed by atoms with Crippen LogP contribution in [0.5, 0.6) is 5.75 Å². The largest absolute Gasteiger partial charge is 0.491 e. The van der Waals surface area contributed by atoms with Crippen molar-refractivity contribution in [3.63, 3.8) is 0 Å². The lowest BCUT2D eigenvalue weighted by Gasteiger charge is -2.19. The Bertz CT molecular complexity index is 491. The van der Waals surface area contributed by atoms with Crippen LogP contribution in [0.1, 0.15) is 27.2 Å². The van der Waals surface area contributed by atoms with Gasteiger partial charge in [-0.05, 0) is 25.5 Å². The average molecular weight is 280 g/mol. The molecule has 0 aliphatic carbocycles. The van der Waals surface area contributed by atoms with Gasteiger partial charge in [-0.2, -0.15) is 0 Å². The van der Waals surface area contributed by atoms with Crippen LogP contribution in [-0.4, -0.2) is 31.1 Å². The Balaban J connectivity index is 2.13. The minimum absolute atomic E-state index is 0.00209. The number of amides is 1. The minimum atomic E-state index is -0.433. The fourth-order valence-corrected chi connectivity index (χ4v) is 2.42. The predicted octanol–water partition coefficient (Wildman–Crippen LogP) is 2.33. The molecule has 1 aliphatic heterocycles. The van der Waals surface area contributed by atoms with Crippen LogP contribution in [0.15, 0.2) is 18.2 Å². The van der Waals surface area contributed by atoms with Crippen LogP contribution in [0.4, 0.5) is 10.1 Å². The first-order chi connectivity index (χ1) is 9.52. The van der Waals surface area contributed by atoms with Crippen LogP contribution in [0, 0.1) is 5.82 Å². The maximum absolute atomic E-state index is 13.8. The van der Waals surface area contributed by atoms with E-state index in [0.717, 1.165) is 6.42 Å². The van der Waals surface area contributed by atoms with E-state index in [-0.39, 0.29) is 23.7 Å². The Morgan fingerprint density at radius 3 is 2.85 bits per heavy atom. The van der Waals surface area contributed by atoms with E-state index in [1.54, 1.807) is 24.0 Å². The average Bonchev–Trinajstić information content (AvgIpc) is 2.73. The van der Waals surface area contributed by atoms with E-state index in [4.69, 9.17) is 4.74 Å². The molecule has 1 aromatic carbocycles. The molecular weight excluding hydrogens is 259 g/mol. The van der Waals surface area contributed by atoms with Gasteiger partial charge >= 0.3 is 0 Å². The second kappa shape index (κ2) is 6.22. The Hall–Kier alpha value is -1.62. The number of hydrogen-bond donors (Lipinski definition) is 1. The second-order valence-corrected chi connectivity index (χ2v) is 5.20. The number of ether oxygens (including phenoxy) is 1. The molecule has 1 aromatic rings. The van der Waals surface area contributed by atoms with Crippen molar-refractivity contribution in [2.75, 3.05) is 18.1 Å². The van der Waals surface area contributed by atoms with Gasteiger partial charge in [0.05, 0.1) is 12.6 Å². The van der Waals surface area contributed by atoms with E-state index in [9.17, 15) is 9.18 Å². The molecule has 4 nitrogen and oxygen atoms in total. The summed E-state index contributed by atoms with van der Waals surface area (Å²) in [5.41, 5.74) is 0.587. The molecule has 110 valence electrons. The predicted molar refractivity (Wildman–Crippen MR) is 76.6 cm³/mol. The zero-order valence-corrected chi connectivity index (χ0v) is 12.1. The number of nitrogens with one attached hydrogen (secondary N) is 1. The van der Waals surface area contributed by atoms with Crippen LogP contribution >= 0.6 is 0 Å².